The summed E-state index contributed by atoms with van der Waals surface area (Å²) in [4.78, 5) is 18.3. The Kier molecular flexibility index (Phi) is 3.65. The molecule has 0 saturated heterocycles. The van der Waals surface area contributed by atoms with Crippen molar-refractivity contribution in [3.05, 3.63) is 42.5 Å². The molecule has 6 nitrogen and oxygen atoms in total. The van der Waals surface area contributed by atoms with E-state index in [1.165, 1.54) is 6.92 Å². The number of nitrogens with two attached hydrogens (primary N) is 1. The van der Waals surface area contributed by atoms with E-state index in [1.54, 1.807) is 16.6 Å². The van der Waals surface area contributed by atoms with Gasteiger partial charge in [0.1, 0.15) is 5.75 Å². The molecule has 1 aromatic heterocycles. The molecule has 3 aromatic rings. The lowest BCUT2D eigenvalue weighted by molar-refractivity contribution is -0.115. The quantitative estimate of drug-likeness (QED) is 0.807. The van der Waals surface area contributed by atoms with Crippen LogP contribution in [-0.4, -0.2) is 22.6 Å². The summed E-state index contributed by atoms with van der Waals surface area (Å²) in [7, 11) is 3.44. The van der Waals surface area contributed by atoms with Gasteiger partial charge in [-0.2, -0.15) is 0 Å². The van der Waals surface area contributed by atoms with Crippen molar-refractivity contribution in [1.29, 1.82) is 0 Å². The number of rotatable bonds is 3. The second kappa shape index (κ2) is 5.64. The van der Waals surface area contributed by atoms with Gasteiger partial charge in [0.05, 0.1) is 23.8 Å². The van der Waals surface area contributed by atoms with E-state index >= 15 is 0 Å². The van der Waals surface area contributed by atoms with Gasteiger partial charge in [-0.15, -0.1) is 0 Å². The number of para-hydroxylation sites is 1. The van der Waals surface area contributed by atoms with Gasteiger partial charge in [0, 0.05) is 19.7 Å². The van der Waals surface area contributed by atoms with Crippen LogP contribution in [0.25, 0.3) is 11.0 Å². The lowest BCUT2D eigenvalue weighted by atomic mass is 10.2. The van der Waals surface area contributed by atoms with Crippen molar-refractivity contribution in [2.75, 3.05) is 17.7 Å². The highest BCUT2D eigenvalue weighted by atomic mass is 16.5. The number of methoxy groups -OCH3 is 1. The number of benzene rings is 2. The minimum absolute atomic E-state index is 0.0950. The maximum atomic E-state index is 12.3. The molecule has 2 aromatic carbocycles. The van der Waals surface area contributed by atoms with Gasteiger partial charge in [-0.3, -0.25) is 9.69 Å². The SMILES string of the molecule is COc1ccc(N(C(C)=O)c2cccc3nc(N)n(C)c23)cc1. The summed E-state index contributed by atoms with van der Waals surface area (Å²) >= 11 is 0. The smallest absolute Gasteiger partial charge is 0.228 e. The minimum Gasteiger partial charge on any atom is -0.497 e. The Labute approximate surface area is 134 Å². The van der Waals surface area contributed by atoms with Crippen molar-refractivity contribution < 1.29 is 9.53 Å². The third-order valence-corrected chi connectivity index (χ3v) is 3.79. The number of nitrogen functional groups attached to an aromatic ring is 1. The van der Waals surface area contributed by atoms with Gasteiger partial charge in [0.15, 0.2) is 0 Å². The van der Waals surface area contributed by atoms with Crippen LogP contribution in [0.5, 0.6) is 5.75 Å². The van der Waals surface area contributed by atoms with Crippen molar-refractivity contribution in [3.63, 3.8) is 0 Å². The van der Waals surface area contributed by atoms with Gasteiger partial charge in [0.2, 0.25) is 11.9 Å². The van der Waals surface area contributed by atoms with E-state index in [2.05, 4.69) is 4.98 Å². The summed E-state index contributed by atoms with van der Waals surface area (Å²) in [5.74, 6) is 1.05. The molecular formula is C17H18N4O2. The summed E-state index contributed by atoms with van der Waals surface area (Å²) in [5.41, 5.74) is 8.97. The Morgan fingerprint density at radius 2 is 1.91 bits per heavy atom. The van der Waals surface area contributed by atoms with E-state index in [1.807, 2.05) is 49.5 Å². The fourth-order valence-electron chi connectivity index (χ4n) is 2.67. The molecule has 6 heteroatoms. The second-order valence-electron chi connectivity index (χ2n) is 5.23. The molecule has 23 heavy (non-hydrogen) atoms. The number of carbonyl (C=O) groups is 1. The monoisotopic (exact) mass is 310 g/mol. The molecular weight excluding hydrogens is 292 g/mol. The summed E-state index contributed by atoms with van der Waals surface area (Å²) < 4.78 is 6.96. The number of carbonyl (C=O) groups excluding carboxylic acids is 1. The van der Waals surface area contributed by atoms with Crippen LogP contribution in [0.4, 0.5) is 17.3 Å². The fourth-order valence-corrected chi connectivity index (χ4v) is 2.67. The van der Waals surface area contributed by atoms with Crippen LogP contribution in [0.1, 0.15) is 6.92 Å². The molecule has 0 bridgehead atoms. The van der Waals surface area contributed by atoms with E-state index in [9.17, 15) is 4.79 Å². The highest BCUT2D eigenvalue weighted by Gasteiger charge is 2.19. The van der Waals surface area contributed by atoms with Crippen LogP contribution in [-0.2, 0) is 11.8 Å². The summed E-state index contributed by atoms with van der Waals surface area (Å²) in [6.45, 7) is 1.53. The number of nitrogens with zero attached hydrogens (tertiary/aromatic N) is 3. The molecule has 0 radical (unpaired) electrons. The third-order valence-electron chi connectivity index (χ3n) is 3.79. The first-order valence-electron chi connectivity index (χ1n) is 7.18. The van der Waals surface area contributed by atoms with E-state index in [0.717, 1.165) is 28.2 Å². The Hall–Kier alpha value is -3.02. The largest absolute Gasteiger partial charge is 0.497 e. The Bertz CT molecular complexity index is 868. The van der Waals surface area contributed by atoms with Gasteiger partial charge in [0.25, 0.3) is 0 Å². The molecule has 2 N–H and O–H groups in total. The summed E-state index contributed by atoms with van der Waals surface area (Å²) in [6, 6.07) is 13.0. The second-order valence-corrected chi connectivity index (χ2v) is 5.23. The number of aryl methyl sites for hydroxylation is 1. The van der Waals surface area contributed by atoms with E-state index in [-0.39, 0.29) is 5.91 Å². The predicted octanol–water partition coefficient (Wildman–Crippen LogP) is 2.85. The average molecular weight is 310 g/mol. The molecule has 1 amide bonds. The zero-order chi connectivity index (χ0) is 16.6. The summed E-state index contributed by atoms with van der Waals surface area (Å²) in [6.07, 6.45) is 0. The maximum Gasteiger partial charge on any atom is 0.228 e. The minimum atomic E-state index is -0.0950. The molecule has 0 atom stereocenters. The topological polar surface area (TPSA) is 73.4 Å². The number of hydrogen-bond donors (Lipinski definition) is 1. The standard InChI is InChI=1S/C17H18N4O2/c1-11(22)21(12-7-9-13(23-3)10-8-12)15-6-4-5-14-16(15)20(2)17(18)19-14/h4-10H,1-3H3,(H2,18,19). The molecule has 0 spiro atoms. The number of amides is 1. The molecule has 0 aliphatic rings. The van der Waals surface area contributed by atoms with E-state index < -0.39 is 0 Å². The summed E-state index contributed by atoms with van der Waals surface area (Å²) in [5, 5.41) is 0. The number of anilines is 3. The van der Waals surface area contributed by atoms with Crippen molar-refractivity contribution in [1.82, 2.24) is 9.55 Å². The normalized spacial score (nSPS) is 10.7. The Morgan fingerprint density at radius 3 is 2.52 bits per heavy atom. The number of aromatic nitrogens is 2. The number of fused-ring (bicyclic) bond motifs is 1. The Balaban J connectivity index is 2.20. The van der Waals surface area contributed by atoms with Gasteiger partial charge in [-0.25, -0.2) is 4.98 Å². The van der Waals surface area contributed by atoms with Crippen LogP contribution >= 0.6 is 0 Å². The molecule has 0 unspecified atom stereocenters. The lowest BCUT2D eigenvalue weighted by Gasteiger charge is -2.22. The van der Waals surface area contributed by atoms with E-state index in [4.69, 9.17) is 10.5 Å². The van der Waals surface area contributed by atoms with Crippen molar-refractivity contribution in [3.8, 4) is 5.75 Å². The first-order chi connectivity index (χ1) is 11.0. The average Bonchev–Trinajstić information content (AvgIpc) is 2.83. The van der Waals surface area contributed by atoms with Crippen molar-refractivity contribution in [2.45, 2.75) is 6.92 Å². The first-order valence-corrected chi connectivity index (χ1v) is 7.18. The lowest BCUT2D eigenvalue weighted by Crippen LogP contribution is -2.23. The van der Waals surface area contributed by atoms with Gasteiger partial charge >= 0.3 is 0 Å². The highest BCUT2D eigenvalue weighted by molar-refractivity contribution is 6.06. The number of hydrogen-bond acceptors (Lipinski definition) is 4. The van der Waals surface area contributed by atoms with Crippen LogP contribution < -0.4 is 15.4 Å². The molecule has 3 rings (SSSR count). The van der Waals surface area contributed by atoms with Gasteiger partial charge in [-0.05, 0) is 36.4 Å². The van der Waals surface area contributed by atoms with Crippen LogP contribution in [0, 0.1) is 0 Å². The van der Waals surface area contributed by atoms with Gasteiger partial charge in [-0.1, -0.05) is 6.07 Å². The zero-order valence-electron chi connectivity index (χ0n) is 13.3. The first kappa shape index (κ1) is 14.9. The zero-order valence-corrected chi connectivity index (χ0v) is 13.3. The predicted molar refractivity (Wildman–Crippen MR) is 90.9 cm³/mol. The molecule has 0 aliphatic heterocycles. The highest BCUT2D eigenvalue weighted by Crippen LogP contribution is 2.33. The number of ether oxygens (including phenoxy) is 1. The molecule has 0 fully saturated rings. The van der Waals surface area contributed by atoms with E-state index in [0.29, 0.717) is 5.95 Å². The fraction of sp³-hybridized carbons (Fsp3) is 0.176. The van der Waals surface area contributed by atoms with Gasteiger partial charge < -0.3 is 15.0 Å². The molecule has 0 saturated carbocycles. The Morgan fingerprint density at radius 1 is 1.22 bits per heavy atom. The molecule has 0 aliphatic carbocycles. The van der Waals surface area contributed by atoms with Crippen LogP contribution in [0.3, 0.4) is 0 Å². The molecule has 1 heterocycles. The van der Waals surface area contributed by atoms with Crippen molar-refractivity contribution in [2.24, 2.45) is 7.05 Å². The number of imidazole rings is 1. The molecule has 118 valence electrons. The van der Waals surface area contributed by atoms with Crippen LogP contribution in [0.2, 0.25) is 0 Å². The third kappa shape index (κ3) is 2.48. The van der Waals surface area contributed by atoms with Crippen LogP contribution in [0.15, 0.2) is 42.5 Å². The maximum absolute atomic E-state index is 12.3. The van der Waals surface area contributed by atoms with Crippen molar-refractivity contribution >= 4 is 34.3 Å².